The van der Waals surface area contributed by atoms with Crippen LogP contribution in [-0.4, -0.2) is 23.5 Å². The first-order chi connectivity index (χ1) is 9.99. The average molecular weight is 308 g/mol. The summed E-state index contributed by atoms with van der Waals surface area (Å²) in [7, 11) is 0. The Morgan fingerprint density at radius 1 is 1.38 bits per heavy atom. The van der Waals surface area contributed by atoms with Crippen molar-refractivity contribution in [2.24, 2.45) is 0 Å². The largest absolute Gasteiger partial charge is 0.461 e. The van der Waals surface area contributed by atoms with Gasteiger partial charge in [-0.05, 0) is 37.6 Å². The van der Waals surface area contributed by atoms with Gasteiger partial charge in [-0.1, -0.05) is 0 Å². The number of carbonyl (C=O) groups is 2. The van der Waals surface area contributed by atoms with Gasteiger partial charge in [0.15, 0.2) is 0 Å². The molecule has 7 heteroatoms. The van der Waals surface area contributed by atoms with Gasteiger partial charge in [0.1, 0.15) is 11.5 Å². The maximum Gasteiger partial charge on any atom is 0.367 e. The smallest absolute Gasteiger partial charge is 0.367 e. The summed E-state index contributed by atoms with van der Waals surface area (Å²) in [4.78, 5) is 27.4. The predicted octanol–water partition coefficient (Wildman–Crippen LogP) is 3.02. The van der Waals surface area contributed by atoms with Gasteiger partial charge in [-0.15, -0.1) is 11.3 Å². The predicted molar refractivity (Wildman–Crippen MR) is 77.2 cm³/mol. The molecule has 0 atom stereocenters. The Kier molecular flexibility index (Phi) is 4.64. The van der Waals surface area contributed by atoms with Crippen molar-refractivity contribution in [3.8, 4) is 0 Å². The molecule has 1 amide bonds. The molecule has 1 heterocycles. The van der Waals surface area contributed by atoms with E-state index in [4.69, 9.17) is 4.74 Å². The van der Waals surface area contributed by atoms with Crippen molar-refractivity contribution in [2.45, 2.75) is 13.8 Å². The lowest BCUT2D eigenvalue weighted by atomic mass is 10.2. The zero-order chi connectivity index (χ0) is 15.4. The normalized spacial score (nSPS) is 10.2. The van der Waals surface area contributed by atoms with Crippen LogP contribution in [-0.2, 0) is 4.74 Å². The quantitative estimate of drug-likeness (QED) is 0.882. The van der Waals surface area contributed by atoms with Crippen molar-refractivity contribution in [1.29, 1.82) is 0 Å². The maximum absolute atomic E-state index is 13.2. The number of aryl methyl sites for hydroxylation is 1. The monoisotopic (exact) mass is 308 g/mol. The molecule has 0 radical (unpaired) electrons. The number of esters is 1. The van der Waals surface area contributed by atoms with Crippen LogP contribution in [0.25, 0.3) is 0 Å². The number of thiazole rings is 1. The Morgan fingerprint density at radius 3 is 2.81 bits per heavy atom. The summed E-state index contributed by atoms with van der Waals surface area (Å²) in [5.41, 5.74) is 1.11. The number of nitrogens with zero attached hydrogens (tertiary/aromatic N) is 1. The molecule has 1 aromatic heterocycles. The molecule has 0 fully saturated rings. The number of ether oxygens (including phenoxy) is 1. The molecule has 5 nitrogen and oxygen atoms in total. The molecule has 0 saturated heterocycles. The molecule has 0 spiro atoms. The first-order valence-electron chi connectivity index (χ1n) is 6.20. The fourth-order valence-electron chi connectivity index (χ4n) is 1.67. The highest BCUT2D eigenvalue weighted by atomic mass is 32.1. The van der Waals surface area contributed by atoms with E-state index >= 15 is 0 Å². The molecule has 0 aliphatic heterocycles. The lowest BCUT2D eigenvalue weighted by Gasteiger charge is -2.04. The summed E-state index contributed by atoms with van der Waals surface area (Å²) in [6.45, 7) is 3.65. The van der Waals surface area contributed by atoms with Crippen molar-refractivity contribution in [3.05, 3.63) is 45.7 Å². The van der Waals surface area contributed by atoms with Gasteiger partial charge in [0, 0.05) is 11.1 Å². The zero-order valence-corrected chi connectivity index (χ0v) is 12.3. The van der Waals surface area contributed by atoms with Gasteiger partial charge in [0.25, 0.3) is 5.91 Å². The molecule has 1 N–H and O–H groups in total. The first kappa shape index (κ1) is 15.1. The van der Waals surface area contributed by atoms with E-state index in [9.17, 15) is 14.0 Å². The molecular weight excluding hydrogens is 295 g/mol. The molecule has 0 aliphatic carbocycles. The number of halogens is 1. The summed E-state index contributed by atoms with van der Waals surface area (Å²) in [6.07, 6.45) is 0. The standard InChI is InChI=1S/C14H13FN2O3S/c1-3-20-14(19)13-17-11(7-21-13)12(18)16-10-5-8(2)4-9(15)6-10/h4-7H,3H2,1-2H3,(H,16,18). The molecule has 0 saturated carbocycles. The Labute approximate surface area is 124 Å². The highest BCUT2D eigenvalue weighted by Gasteiger charge is 2.16. The minimum absolute atomic E-state index is 0.0879. The number of carbonyl (C=O) groups excluding carboxylic acids is 2. The van der Waals surface area contributed by atoms with Crippen LogP contribution in [0.15, 0.2) is 23.6 Å². The van der Waals surface area contributed by atoms with E-state index < -0.39 is 17.7 Å². The third-order valence-corrected chi connectivity index (χ3v) is 3.31. The van der Waals surface area contributed by atoms with Gasteiger partial charge in [0.05, 0.1) is 6.61 Å². The number of hydrogen-bond donors (Lipinski definition) is 1. The van der Waals surface area contributed by atoms with E-state index in [1.165, 1.54) is 17.5 Å². The van der Waals surface area contributed by atoms with E-state index in [2.05, 4.69) is 10.3 Å². The van der Waals surface area contributed by atoms with Gasteiger partial charge in [-0.2, -0.15) is 0 Å². The molecular formula is C14H13FN2O3S. The van der Waals surface area contributed by atoms with Gasteiger partial charge < -0.3 is 10.1 Å². The molecule has 0 bridgehead atoms. The lowest BCUT2D eigenvalue weighted by Crippen LogP contribution is -2.13. The fourth-order valence-corrected chi connectivity index (χ4v) is 2.36. The van der Waals surface area contributed by atoms with E-state index in [1.54, 1.807) is 19.9 Å². The Hall–Kier alpha value is -2.28. The minimum atomic E-state index is -0.567. The van der Waals surface area contributed by atoms with Gasteiger partial charge in [-0.3, -0.25) is 4.79 Å². The maximum atomic E-state index is 13.2. The Bertz CT molecular complexity index is 664. The summed E-state index contributed by atoms with van der Waals surface area (Å²) in [6, 6.07) is 4.21. The van der Waals surface area contributed by atoms with Crippen LogP contribution >= 0.6 is 11.3 Å². The number of rotatable bonds is 4. The first-order valence-corrected chi connectivity index (χ1v) is 7.08. The van der Waals surface area contributed by atoms with Crippen molar-refractivity contribution < 1.29 is 18.7 Å². The lowest BCUT2D eigenvalue weighted by molar-refractivity contribution is 0.0526. The number of nitrogens with one attached hydrogen (secondary N) is 1. The third kappa shape index (κ3) is 3.85. The second kappa shape index (κ2) is 6.45. The second-order valence-corrected chi connectivity index (χ2v) is 5.09. The summed E-state index contributed by atoms with van der Waals surface area (Å²) < 4.78 is 18.0. The minimum Gasteiger partial charge on any atom is -0.461 e. The zero-order valence-electron chi connectivity index (χ0n) is 11.5. The van der Waals surface area contributed by atoms with Crippen LogP contribution in [0.5, 0.6) is 0 Å². The van der Waals surface area contributed by atoms with Crippen LogP contribution in [0, 0.1) is 12.7 Å². The van der Waals surface area contributed by atoms with Crippen LogP contribution < -0.4 is 5.32 Å². The number of amides is 1. The molecule has 2 aromatic rings. The molecule has 110 valence electrons. The number of aromatic nitrogens is 1. The second-order valence-electron chi connectivity index (χ2n) is 4.23. The van der Waals surface area contributed by atoms with Crippen LogP contribution in [0.1, 0.15) is 32.8 Å². The van der Waals surface area contributed by atoms with Gasteiger partial charge >= 0.3 is 5.97 Å². The van der Waals surface area contributed by atoms with Gasteiger partial charge in [-0.25, -0.2) is 14.2 Å². The van der Waals surface area contributed by atoms with E-state index in [0.29, 0.717) is 11.3 Å². The molecule has 21 heavy (non-hydrogen) atoms. The van der Waals surface area contributed by atoms with Crippen molar-refractivity contribution in [3.63, 3.8) is 0 Å². The van der Waals surface area contributed by atoms with Crippen molar-refractivity contribution in [1.82, 2.24) is 4.98 Å². The Morgan fingerprint density at radius 2 is 2.14 bits per heavy atom. The topological polar surface area (TPSA) is 68.3 Å². The molecule has 2 rings (SSSR count). The summed E-state index contributed by atoms with van der Waals surface area (Å²) >= 11 is 1.02. The summed E-state index contributed by atoms with van der Waals surface area (Å²) in [5.74, 6) is -1.51. The molecule has 1 aromatic carbocycles. The molecule has 0 aliphatic rings. The van der Waals surface area contributed by atoms with Crippen molar-refractivity contribution >= 4 is 28.9 Å². The molecule has 0 unspecified atom stereocenters. The average Bonchev–Trinajstić information content (AvgIpc) is 2.87. The number of benzene rings is 1. The third-order valence-electron chi connectivity index (χ3n) is 2.49. The van der Waals surface area contributed by atoms with Crippen LogP contribution in [0.2, 0.25) is 0 Å². The number of anilines is 1. The van der Waals surface area contributed by atoms with Crippen LogP contribution in [0.3, 0.4) is 0 Å². The van der Waals surface area contributed by atoms with E-state index in [0.717, 1.165) is 11.3 Å². The fraction of sp³-hybridized carbons (Fsp3) is 0.214. The van der Waals surface area contributed by atoms with Crippen LogP contribution in [0.4, 0.5) is 10.1 Å². The van der Waals surface area contributed by atoms with E-state index in [1.807, 2.05) is 0 Å². The SMILES string of the molecule is CCOC(=O)c1nc(C(=O)Nc2cc(C)cc(F)c2)cs1. The van der Waals surface area contributed by atoms with E-state index in [-0.39, 0.29) is 17.3 Å². The Balaban J connectivity index is 2.12. The highest BCUT2D eigenvalue weighted by Crippen LogP contribution is 2.16. The summed E-state index contributed by atoms with van der Waals surface area (Å²) in [5, 5.41) is 4.10. The van der Waals surface area contributed by atoms with Gasteiger partial charge in [0.2, 0.25) is 5.01 Å². The van der Waals surface area contributed by atoms with Crippen molar-refractivity contribution in [2.75, 3.05) is 11.9 Å². The highest BCUT2D eigenvalue weighted by molar-refractivity contribution is 7.11. The number of hydrogen-bond acceptors (Lipinski definition) is 5.